The zero-order valence-electron chi connectivity index (χ0n) is 11.4. The van der Waals surface area contributed by atoms with Crippen molar-refractivity contribution in [1.29, 1.82) is 0 Å². The summed E-state index contributed by atoms with van der Waals surface area (Å²) in [6.07, 6.45) is 1.88. The Morgan fingerprint density at radius 1 is 1.00 bits per heavy atom. The summed E-state index contributed by atoms with van der Waals surface area (Å²) in [6.45, 7) is 0.450. The number of aromatic nitrogens is 2. The van der Waals surface area contributed by atoms with Crippen molar-refractivity contribution in [3.63, 3.8) is 0 Å². The van der Waals surface area contributed by atoms with Crippen molar-refractivity contribution in [2.24, 2.45) is 5.73 Å². The van der Waals surface area contributed by atoms with E-state index in [0.717, 1.165) is 17.0 Å². The lowest BCUT2D eigenvalue weighted by Gasteiger charge is -2.08. The Labute approximate surface area is 121 Å². The van der Waals surface area contributed by atoms with Crippen LogP contribution in [0.3, 0.4) is 0 Å². The third-order valence-electron chi connectivity index (χ3n) is 3.80. The molecule has 4 rings (SSSR count). The van der Waals surface area contributed by atoms with Gasteiger partial charge in [0.15, 0.2) is 0 Å². The number of nitrogens with zero attached hydrogens (tertiary/aromatic N) is 2. The lowest BCUT2D eigenvalue weighted by Crippen LogP contribution is -2.42. The molecule has 4 nitrogen and oxygen atoms in total. The van der Waals surface area contributed by atoms with E-state index in [0.29, 0.717) is 17.6 Å². The number of allylic oxidation sites excluding steroid dienone is 1. The predicted molar refractivity (Wildman–Crippen MR) is 81.9 cm³/mol. The largest absolute Gasteiger partial charge is 0.399 e. The monoisotopic (exact) mass is 276 g/mol. The second kappa shape index (κ2) is 4.31. The van der Waals surface area contributed by atoms with Crippen molar-refractivity contribution in [3.05, 3.63) is 76.5 Å². The quantitative estimate of drug-likeness (QED) is 0.686. The van der Waals surface area contributed by atoms with Crippen LogP contribution in [0, 0.1) is 0 Å². The summed E-state index contributed by atoms with van der Waals surface area (Å²) in [4.78, 5) is 12.6. The first kappa shape index (κ1) is 11.9. The lowest BCUT2D eigenvalue weighted by molar-refractivity contribution is -0.574. The molecule has 4 heteroatoms. The minimum Gasteiger partial charge on any atom is -0.399 e. The standard InChI is InChI=1S/C17H13N3O/c18-12-10-16-19(11-12)17(21)14-8-4-5-9-15(14)20(16)13-6-2-1-3-7-13/h1-10,18H,11H2/p+1. The average Bonchev–Trinajstić information content (AvgIpc) is 2.90. The molecule has 0 unspecified atom stereocenters. The van der Waals surface area contributed by atoms with Crippen LogP contribution in [-0.2, 0) is 6.54 Å². The van der Waals surface area contributed by atoms with Crippen molar-refractivity contribution >= 4 is 17.0 Å². The van der Waals surface area contributed by atoms with E-state index in [1.54, 1.807) is 4.57 Å². The molecule has 3 aromatic rings. The molecule has 0 bridgehead atoms. The first-order valence-corrected chi connectivity index (χ1v) is 6.85. The summed E-state index contributed by atoms with van der Waals surface area (Å²) in [6, 6.07) is 17.7. The van der Waals surface area contributed by atoms with Crippen molar-refractivity contribution in [1.82, 2.24) is 4.57 Å². The zero-order chi connectivity index (χ0) is 14.4. The van der Waals surface area contributed by atoms with Crippen molar-refractivity contribution < 1.29 is 4.57 Å². The second-order valence-electron chi connectivity index (χ2n) is 5.16. The second-order valence-corrected chi connectivity index (χ2v) is 5.16. The average molecular weight is 276 g/mol. The fraction of sp³-hybridized carbons (Fsp3) is 0.0588. The maximum atomic E-state index is 12.6. The maximum Gasteiger partial charge on any atom is 0.345 e. The Morgan fingerprint density at radius 3 is 2.52 bits per heavy atom. The van der Waals surface area contributed by atoms with Crippen LogP contribution in [0.2, 0.25) is 0 Å². The van der Waals surface area contributed by atoms with E-state index in [1.165, 1.54) is 0 Å². The molecule has 0 atom stereocenters. The highest BCUT2D eigenvalue weighted by Crippen LogP contribution is 2.16. The van der Waals surface area contributed by atoms with Crippen LogP contribution in [0.25, 0.3) is 22.7 Å². The Kier molecular flexibility index (Phi) is 2.44. The Morgan fingerprint density at radius 2 is 1.71 bits per heavy atom. The van der Waals surface area contributed by atoms with Gasteiger partial charge >= 0.3 is 5.56 Å². The van der Waals surface area contributed by atoms with Crippen molar-refractivity contribution in [2.45, 2.75) is 6.54 Å². The summed E-state index contributed by atoms with van der Waals surface area (Å²) in [5, 5.41) is 0.702. The number of rotatable bonds is 1. The smallest absolute Gasteiger partial charge is 0.345 e. The van der Waals surface area contributed by atoms with Crippen LogP contribution >= 0.6 is 0 Å². The Balaban J connectivity index is 2.21. The fourth-order valence-electron chi connectivity index (χ4n) is 2.88. The van der Waals surface area contributed by atoms with Gasteiger partial charge in [-0.3, -0.25) is 0 Å². The van der Waals surface area contributed by atoms with Crippen molar-refractivity contribution in [3.8, 4) is 5.69 Å². The topological polar surface area (TPSA) is 51.9 Å². The van der Waals surface area contributed by atoms with Gasteiger partial charge in [0.2, 0.25) is 0 Å². The van der Waals surface area contributed by atoms with Gasteiger partial charge in [-0.2, -0.15) is 9.13 Å². The molecule has 0 spiro atoms. The normalized spacial score (nSPS) is 13.2. The molecule has 1 aliphatic heterocycles. The molecule has 0 aliphatic carbocycles. The van der Waals surface area contributed by atoms with E-state index in [-0.39, 0.29) is 5.56 Å². The molecule has 102 valence electrons. The summed E-state index contributed by atoms with van der Waals surface area (Å²) in [5.41, 5.74) is 8.57. The molecule has 1 aromatic heterocycles. The van der Waals surface area contributed by atoms with Crippen LogP contribution in [0.5, 0.6) is 0 Å². The molecule has 0 saturated heterocycles. The molecule has 2 heterocycles. The van der Waals surface area contributed by atoms with E-state index in [1.807, 2.05) is 60.7 Å². The number of hydrogen-bond acceptors (Lipinski definition) is 2. The Hall–Kier alpha value is -2.88. The predicted octanol–water partition coefficient (Wildman–Crippen LogP) is 1.59. The number of fused-ring (bicyclic) bond motifs is 2. The molecule has 0 fully saturated rings. The van der Waals surface area contributed by atoms with Gasteiger partial charge in [0.1, 0.15) is 23.1 Å². The SMILES string of the molecule is NC1=Cc2n(c(=O)c3ccccc3[n+]2-c2ccccc2)C1. The number of para-hydroxylation sites is 2. The molecular weight excluding hydrogens is 262 g/mol. The number of hydrogen-bond donors (Lipinski definition) is 1. The molecule has 0 saturated carbocycles. The molecule has 1 aliphatic rings. The fourth-order valence-corrected chi connectivity index (χ4v) is 2.88. The van der Waals surface area contributed by atoms with Crippen LogP contribution in [0.4, 0.5) is 0 Å². The highest BCUT2D eigenvalue weighted by molar-refractivity contribution is 5.76. The van der Waals surface area contributed by atoms with E-state index >= 15 is 0 Å². The highest BCUT2D eigenvalue weighted by Gasteiger charge is 2.27. The highest BCUT2D eigenvalue weighted by atomic mass is 16.1. The van der Waals surface area contributed by atoms with Gasteiger partial charge in [-0.1, -0.05) is 30.3 Å². The summed E-state index contributed by atoms with van der Waals surface area (Å²) >= 11 is 0. The van der Waals surface area contributed by atoms with Gasteiger partial charge in [0, 0.05) is 0 Å². The minimum absolute atomic E-state index is 0.00415. The lowest BCUT2D eigenvalue weighted by atomic mass is 10.2. The van der Waals surface area contributed by atoms with E-state index in [2.05, 4.69) is 4.57 Å². The van der Waals surface area contributed by atoms with E-state index in [4.69, 9.17) is 5.73 Å². The third-order valence-corrected chi connectivity index (χ3v) is 3.80. The van der Waals surface area contributed by atoms with Gasteiger partial charge in [-0.05, 0) is 24.3 Å². The first-order valence-electron chi connectivity index (χ1n) is 6.85. The molecular formula is C17H14N3O+. The van der Waals surface area contributed by atoms with Gasteiger partial charge in [-0.15, -0.1) is 0 Å². The van der Waals surface area contributed by atoms with Crippen LogP contribution in [-0.4, -0.2) is 4.57 Å². The van der Waals surface area contributed by atoms with Gasteiger partial charge < -0.3 is 5.73 Å². The maximum absolute atomic E-state index is 12.6. The Bertz CT molecular complexity index is 939. The molecule has 0 amide bonds. The van der Waals surface area contributed by atoms with Crippen LogP contribution in [0.15, 0.2) is 65.1 Å². The third kappa shape index (κ3) is 1.69. The molecule has 2 aromatic carbocycles. The van der Waals surface area contributed by atoms with Gasteiger partial charge in [0.25, 0.3) is 5.82 Å². The number of benzene rings is 2. The van der Waals surface area contributed by atoms with Crippen molar-refractivity contribution in [2.75, 3.05) is 0 Å². The molecule has 21 heavy (non-hydrogen) atoms. The van der Waals surface area contributed by atoms with Gasteiger partial charge in [0.05, 0.1) is 11.8 Å². The van der Waals surface area contributed by atoms with E-state index in [9.17, 15) is 4.79 Å². The van der Waals surface area contributed by atoms with Crippen LogP contribution in [0.1, 0.15) is 5.82 Å². The molecule has 2 N–H and O–H groups in total. The minimum atomic E-state index is 0.00415. The van der Waals surface area contributed by atoms with Gasteiger partial charge in [-0.25, -0.2) is 4.79 Å². The first-order chi connectivity index (χ1) is 10.3. The summed E-state index contributed by atoms with van der Waals surface area (Å²) in [7, 11) is 0. The van der Waals surface area contributed by atoms with Crippen LogP contribution < -0.4 is 15.9 Å². The molecule has 0 radical (unpaired) electrons. The summed E-state index contributed by atoms with van der Waals surface area (Å²) in [5.74, 6) is 0.822. The zero-order valence-corrected chi connectivity index (χ0v) is 11.4. The summed E-state index contributed by atoms with van der Waals surface area (Å²) < 4.78 is 3.81. The van der Waals surface area contributed by atoms with E-state index < -0.39 is 0 Å². The number of nitrogens with two attached hydrogens (primary N) is 1.